The van der Waals surface area contributed by atoms with E-state index in [-0.39, 0.29) is 12.1 Å². The highest BCUT2D eigenvalue weighted by Gasteiger charge is 2.40. The average molecular weight is 351 g/mol. The minimum atomic E-state index is -0.245. The van der Waals surface area contributed by atoms with Crippen LogP contribution in [-0.2, 0) is 14.3 Å². The third kappa shape index (κ3) is 2.86. The molecule has 0 spiro atoms. The van der Waals surface area contributed by atoms with Crippen LogP contribution in [0.4, 0.5) is 0 Å². The summed E-state index contributed by atoms with van der Waals surface area (Å²) in [5.41, 5.74) is 2.02. The van der Waals surface area contributed by atoms with Crippen LogP contribution in [0.2, 0.25) is 0 Å². The lowest BCUT2D eigenvalue weighted by molar-refractivity contribution is -0.136. The van der Waals surface area contributed by atoms with Gasteiger partial charge in [-0.05, 0) is 30.7 Å². The van der Waals surface area contributed by atoms with Crippen molar-refractivity contribution < 1.29 is 14.3 Å². The maximum atomic E-state index is 12.1. The van der Waals surface area contributed by atoms with Crippen LogP contribution in [0, 0.1) is 5.92 Å². The van der Waals surface area contributed by atoms with Gasteiger partial charge in [0, 0.05) is 11.2 Å². The van der Waals surface area contributed by atoms with E-state index >= 15 is 0 Å². The maximum Gasteiger partial charge on any atom is 0.337 e. The highest BCUT2D eigenvalue weighted by atomic mass is 79.9. The molecule has 21 heavy (non-hydrogen) atoms. The fraction of sp³-hybridized carbons (Fsp3) is 0.471. The van der Waals surface area contributed by atoms with Crippen molar-refractivity contribution in [2.45, 2.75) is 31.3 Å². The van der Waals surface area contributed by atoms with Crippen LogP contribution in [0.15, 0.2) is 41.7 Å². The molecule has 1 aromatic carbocycles. The number of fused-ring (bicyclic) bond motifs is 1. The summed E-state index contributed by atoms with van der Waals surface area (Å²) in [5.74, 6) is 1.33. The zero-order chi connectivity index (χ0) is 14.8. The highest BCUT2D eigenvalue weighted by molar-refractivity contribution is 9.09. The molecule has 3 unspecified atom stereocenters. The minimum Gasteiger partial charge on any atom is -0.493 e. The molecule has 0 N–H and O–H groups in total. The van der Waals surface area contributed by atoms with E-state index in [1.807, 2.05) is 6.07 Å². The number of hydrogen-bond acceptors (Lipinski definition) is 3. The second-order valence-electron chi connectivity index (χ2n) is 5.71. The second-order valence-corrected chi connectivity index (χ2v) is 6.36. The van der Waals surface area contributed by atoms with Crippen LogP contribution in [0.3, 0.4) is 0 Å². The normalized spacial score (nSPS) is 28.0. The van der Waals surface area contributed by atoms with Gasteiger partial charge in [0.15, 0.2) is 0 Å². The van der Waals surface area contributed by atoms with Crippen molar-refractivity contribution in [2.24, 2.45) is 5.92 Å². The summed E-state index contributed by atoms with van der Waals surface area (Å²) in [7, 11) is 1.44. The molecule has 0 saturated carbocycles. The third-order valence-corrected chi connectivity index (χ3v) is 5.13. The molecular formula is C17H19BrO3. The molecule has 1 heterocycles. The molecule has 3 atom stereocenters. The lowest BCUT2D eigenvalue weighted by Crippen LogP contribution is -2.21. The van der Waals surface area contributed by atoms with Crippen LogP contribution >= 0.6 is 15.9 Å². The van der Waals surface area contributed by atoms with Crippen molar-refractivity contribution in [3.8, 4) is 0 Å². The number of benzene rings is 1. The Kier molecular flexibility index (Phi) is 4.34. The van der Waals surface area contributed by atoms with Crippen LogP contribution in [0.25, 0.3) is 0 Å². The number of halogens is 1. The molecule has 2 aliphatic rings. The quantitative estimate of drug-likeness (QED) is 0.614. The van der Waals surface area contributed by atoms with Crippen molar-refractivity contribution in [1.82, 2.24) is 0 Å². The summed E-state index contributed by atoms with van der Waals surface area (Å²) < 4.78 is 10.9. The van der Waals surface area contributed by atoms with E-state index in [9.17, 15) is 4.79 Å². The van der Waals surface area contributed by atoms with Crippen molar-refractivity contribution in [2.75, 3.05) is 12.4 Å². The second kappa shape index (κ2) is 6.22. The fourth-order valence-corrected chi connectivity index (χ4v) is 3.82. The van der Waals surface area contributed by atoms with Gasteiger partial charge in [-0.25, -0.2) is 4.79 Å². The summed E-state index contributed by atoms with van der Waals surface area (Å²) in [6.07, 6.45) is 2.89. The number of rotatable bonds is 3. The minimum absolute atomic E-state index is 0.166. The van der Waals surface area contributed by atoms with Gasteiger partial charge in [-0.2, -0.15) is 0 Å². The largest absolute Gasteiger partial charge is 0.493 e. The van der Waals surface area contributed by atoms with Crippen LogP contribution in [0.1, 0.15) is 30.7 Å². The number of hydrogen-bond donors (Lipinski definition) is 0. The van der Waals surface area contributed by atoms with Gasteiger partial charge in [0.25, 0.3) is 0 Å². The Morgan fingerprint density at radius 2 is 2.05 bits per heavy atom. The Balaban J connectivity index is 1.91. The van der Waals surface area contributed by atoms with Gasteiger partial charge in [0.05, 0.1) is 12.7 Å². The van der Waals surface area contributed by atoms with E-state index in [2.05, 4.69) is 40.2 Å². The smallest absolute Gasteiger partial charge is 0.337 e. The number of carbonyl (C=O) groups is 1. The van der Waals surface area contributed by atoms with Gasteiger partial charge in [-0.15, -0.1) is 0 Å². The zero-order valence-electron chi connectivity index (χ0n) is 12.0. The van der Waals surface area contributed by atoms with Gasteiger partial charge in [0.1, 0.15) is 11.9 Å². The Hall–Kier alpha value is -1.29. The molecule has 3 nitrogen and oxygen atoms in total. The molecule has 1 saturated heterocycles. The van der Waals surface area contributed by atoms with Crippen molar-refractivity contribution in [1.29, 1.82) is 0 Å². The Bertz CT molecular complexity index is 552. The summed E-state index contributed by atoms with van der Waals surface area (Å²) in [5, 5.41) is 0.803. The van der Waals surface area contributed by atoms with Gasteiger partial charge in [-0.1, -0.05) is 46.3 Å². The first-order valence-electron chi connectivity index (χ1n) is 7.31. The number of alkyl halides is 1. The van der Waals surface area contributed by atoms with Gasteiger partial charge >= 0.3 is 5.97 Å². The van der Waals surface area contributed by atoms with Gasteiger partial charge in [-0.3, -0.25) is 0 Å². The Morgan fingerprint density at radius 1 is 1.29 bits per heavy atom. The first-order chi connectivity index (χ1) is 10.2. The monoisotopic (exact) mass is 350 g/mol. The highest BCUT2D eigenvalue weighted by Crippen LogP contribution is 2.46. The van der Waals surface area contributed by atoms with E-state index in [4.69, 9.17) is 9.47 Å². The molecule has 1 fully saturated rings. The summed E-state index contributed by atoms with van der Waals surface area (Å²) >= 11 is 3.48. The van der Waals surface area contributed by atoms with E-state index in [1.165, 1.54) is 12.7 Å². The molecule has 112 valence electrons. The lowest BCUT2D eigenvalue weighted by Gasteiger charge is -2.28. The molecule has 1 aliphatic heterocycles. The maximum absolute atomic E-state index is 12.1. The van der Waals surface area contributed by atoms with E-state index < -0.39 is 0 Å². The Labute approximate surface area is 133 Å². The van der Waals surface area contributed by atoms with Crippen molar-refractivity contribution in [3.05, 3.63) is 47.2 Å². The summed E-state index contributed by atoms with van der Waals surface area (Å²) in [6, 6.07) is 10.4. The van der Waals surface area contributed by atoms with Crippen LogP contribution in [0.5, 0.6) is 0 Å². The molecule has 1 aliphatic carbocycles. The van der Waals surface area contributed by atoms with E-state index in [1.54, 1.807) is 0 Å². The topological polar surface area (TPSA) is 35.5 Å². The van der Waals surface area contributed by atoms with Crippen LogP contribution < -0.4 is 0 Å². The molecule has 0 amide bonds. The third-order valence-electron chi connectivity index (χ3n) is 4.40. The SMILES string of the molecule is COC(=O)C1=C2OC(CBr)CC2CC(c2ccccc2)C1. The first-order valence-corrected chi connectivity index (χ1v) is 8.44. The number of ether oxygens (including phenoxy) is 2. The number of esters is 1. The standard InChI is InChI=1S/C17H19BrO3/c1-20-17(19)15-9-12(11-5-3-2-4-6-11)7-13-8-14(10-18)21-16(13)15/h2-6,12-14H,7-10H2,1H3. The van der Waals surface area contributed by atoms with Gasteiger partial charge in [0.2, 0.25) is 0 Å². The van der Waals surface area contributed by atoms with Crippen LogP contribution in [-0.4, -0.2) is 24.5 Å². The predicted octanol–water partition coefficient (Wildman–Crippen LogP) is 3.79. The molecule has 3 rings (SSSR count). The Morgan fingerprint density at radius 3 is 2.71 bits per heavy atom. The molecule has 0 radical (unpaired) electrons. The molecular weight excluding hydrogens is 332 g/mol. The van der Waals surface area contributed by atoms with E-state index in [0.29, 0.717) is 18.3 Å². The van der Waals surface area contributed by atoms with Crippen molar-refractivity contribution in [3.63, 3.8) is 0 Å². The molecule has 0 aromatic heterocycles. The lowest BCUT2D eigenvalue weighted by atomic mass is 9.77. The summed E-state index contributed by atoms with van der Waals surface area (Å²) in [4.78, 5) is 12.1. The number of methoxy groups -OCH3 is 1. The molecule has 1 aromatic rings. The van der Waals surface area contributed by atoms with E-state index in [0.717, 1.165) is 29.5 Å². The summed E-state index contributed by atoms with van der Waals surface area (Å²) in [6.45, 7) is 0. The first kappa shape index (κ1) is 14.6. The molecule has 0 bridgehead atoms. The molecule has 4 heteroatoms. The fourth-order valence-electron chi connectivity index (χ4n) is 3.42. The number of allylic oxidation sites excluding steroid dienone is 1. The zero-order valence-corrected chi connectivity index (χ0v) is 13.6. The predicted molar refractivity (Wildman–Crippen MR) is 84.2 cm³/mol. The average Bonchev–Trinajstić information content (AvgIpc) is 2.97. The van der Waals surface area contributed by atoms with Gasteiger partial charge < -0.3 is 9.47 Å². The number of carbonyl (C=O) groups excluding carboxylic acids is 1. The van der Waals surface area contributed by atoms with Crippen molar-refractivity contribution >= 4 is 21.9 Å².